The van der Waals surface area contributed by atoms with Crippen molar-refractivity contribution in [2.45, 2.75) is 31.7 Å². The number of hydrogen-bond donors (Lipinski definition) is 0. The number of hydrogen-bond acceptors (Lipinski definition) is 3. The summed E-state index contributed by atoms with van der Waals surface area (Å²) < 4.78 is 7.25. The molecule has 0 aliphatic heterocycles. The Morgan fingerprint density at radius 1 is 1.25 bits per heavy atom. The van der Waals surface area contributed by atoms with Gasteiger partial charge in [-0.1, -0.05) is 37.3 Å². The topological polar surface area (TPSA) is 39.9 Å². The zero-order valence-electron chi connectivity index (χ0n) is 11.9. The highest BCUT2D eigenvalue weighted by molar-refractivity contribution is 6.16. The van der Waals surface area contributed by atoms with Gasteiger partial charge in [0.1, 0.15) is 11.6 Å². The molecule has 0 aliphatic rings. The maximum absolute atomic E-state index is 5.95. The zero-order valence-corrected chi connectivity index (χ0v) is 12.7. The summed E-state index contributed by atoms with van der Waals surface area (Å²) in [5, 5.41) is 8.57. The molecule has 108 valence electrons. The van der Waals surface area contributed by atoms with Gasteiger partial charge in [-0.25, -0.2) is 0 Å². The summed E-state index contributed by atoms with van der Waals surface area (Å²) in [6.07, 6.45) is 0.970. The normalized spacial score (nSPS) is 12.6. The highest BCUT2D eigenvalue weighted by atomic mass is 35.5. The van der Waals surface area contributed by atoms with Gasteiger partial charge >= 0.3 is 0 Å². The fraction of sp³-hybridized carbons (Fsp3) is 0.467. The number of aromatic nitrogens is 3. The molecule has 2 aromatic rings. The number of nitrogens with zero attached hydrogens (tertiary/aromatic N) is 3. The summed E-state index contributed by atoms with van der Waals surface area (Å²) in [6, 6.07) is 10.4. The standard InChI is InChI=1S/C15H20ClN3O/c1-3-13(12-7-5-4-6-8-12)15-18-17-14(11-16)19(15)9-10-20-2/h4-8,13H,3,9-11H2,1-2H3. The first-order chi connectivity index (χ1) is 9.81. The van der Waals surface area contributed by atoms with Gasteiger partial charge in [-0.05, 0) is 12.0 Å². The summed E-state index contributed by atoms with van der Waals surface area (Å²) in [6.45, 7) is 3.51. The van der Waals surface area contributed by atoms with Gasteiger partial charge < -0.3 is 9.30 Å². The number of methoxy groups -OCH3 is 1. The van der Waals surface area contributed by atoms with Crippen LogP contribution in [-0.2, 0) is 17.2 Å². The average Bonchev–Trinajstić information content (AvgIpc) is 2.90. The van der Waals surface area contributed by atoms with Crippen molar-refractivity contribution in [2.24, 2.45) is 0 Å². The van der Waals surface area contributed by atoms with Crippen LogP contribution in [0.5, 0.6) is 0 Å². The number of rotatable bonds is 7. The monoisotopic (exact) mass is 293 g/mol. The van der Waals surface area contributed by atoms with Gasteiger partial charge in [-0.15, -0.1) is 21.8 Å². The maximum atomic E-state index is 5.95. The number of ether oxygens (including phenoxy) is 1. The highest BCUT2D eigenvalue weighted by Gasteiger charge is 2.20. The molecule has 0 bridgehead atoms. The molecule has 0 aliphatic carbocycles. The van der Waals surface area contributed by atoms with E-state index in [0.29, 0.717) is 12.5 Å². The molecule has 0 spiro atoms. The Morgan fingerprint density at radius 2 is 2.00 bits per heavy atom. The van der Waals surface area contributed by atoms with Gasteiger partial charge in [0.05, 0.1) is 12.5 Å². The molecule has 4 nitrogen and oxygen atoms in total. The second-order valence-electron chi connectivity index (χ2n) is 4.62. The smallest absolute Gasteiger partial charge is 0.148 e. The SMILES string of the molecule is CCC(c1ccccc1)c1nnc(CCl)n1CCOC. The van der Waals surface area contributed by atoms with Crippen molar-refractivity contribution in [3.05, 3.63) is 47.5 Å². The van der Waals surface area contributed by atoms with Crippen molar-refractivity contribution < 1.29 is 4.74 Å². The molecule has 0 saturated carbocycles. The molecule has 1 aromatic carbocycles. The lowest BCUT2D eigenvalue weighted by Crippen LogP contribution is -2.14. The van der Waals surface area contributed by atoms with Crippen LogP contribution in [0, 0.1) is 0 Å². The summed E-state index contributed by atoms with van der Waals surface area (Å²) in [5.74, 6) is 2.36. The van der Waals surface area contributed by atoms with Crippen LogP contribution in [0.3, 0.4) is 0 Å². The van der Waals surface area contributed by atoms with E-state index in [1.54, 1.807) is 7.11 Å². The molecule has 0 radical (unpaired) electrons. The van der Waals surface area contributed by atoms with Gasteiger partial charge in [0.25, 0.3) is 0 Å². The van der Waals surface area contributed by atoms with E-state index in [-0.39, 0.29) is 5.92 Å². The molecule has 0 fully saturated rings. The lowest BCUT2D eigenvalue weighted by Gasteiger charge is -2.17. The fourth-order valence-electron chi connectivity index (χ4n) is 2.38. The van der Waals surface area contributed by atoms with E-state index in [2.05, 4.69) is 46.0 Å². The minimum Gasteiger partial charge on any atom is -0.383 e. The Bertz CT molecular complexity index is 527. The average molecular weight is 294 g/mol. The Morgan fingerprint density at radius 3 is 2.60 bits per heavy atom. The quantitative estimate of drug-likeness (QED) is 0.736. The molecule has 20 heavy (non-hydrogen) atoms. The van der Waals surface area contributed by atoms with Crippen molar-refractivity contribution >= 4 is 11.6 Å². The molecule has 0 amide bonds. The first-order valence-corrected chi connectivity index (χ1v) is 7.37. The van der Waals surface area contributed by atoms with Crippen molar-refractivity contribution in [2.75, 3.05) is 13.7 Å². The van der Waals surface area contributed by atoms with E-state index in [4.69, 9.17) is 16.3 Å². The van der Waals surface area contributed by atoms with Crippen LogP contribution in [-0.4, -0.2) is 28.5 Å². The molecule has 5 heteroatoms. The van der Waals surface area contributed by atoms with Crippen LogP contribution in [0.2, 0.25) is 0 Å². The van der Waals surface area contributed by atoms with Gasteiger partial charge in [-0.3, -0.25) is 0 Å². The van der Waals surface area contributed by atoms with Crippen LogP contribution in [0.1, 0.15) is 36.5 Å². The van der Waals surface area contributed by atoms with E-state index < -0.39 is 0 Å². The van der Waals surface area contributed by atoms with E-state index in [9.17, 15) is 0 Å². The summed E-state index contributed by atoms with van der Waals surface area (Å²) in [7, 11) is 1.69. The van der Waals surface area contributed by atoms with Gasteiger partial charge in [0, 0.05) is 19.6 Å². The van der Waals surface area contributed by atoms with Crippen LogP contribution in [0.4, 0.5) is 0 Å². The van der Waals surface area contributed by atoms with Crippen molar-refractivity contribution in [3.8, 4) is 0 Å². The second-order valence-corrected chi connectivity index (χ2v) is 4.89. The predicted octanol–water partition coefficient (Wildman–Crippen LogP) is 3.21. The molecular weight excluding hydrogens is 274 g/mol. The molecule has 1 unspecified atom stereocenters. The minimum atomic E-state index is 0.234. The minimum absolute atomic E-state index is 0.234. The first-order valence-electron chi connectivity index (χ1n) is 6.83. The molecule has 1 atom stereocenters. The summed E-state index contributed by atoms with van der Waals surface area (Å²) in [5.41, 5.74) is 1.25. The van der Waals surface area contributed by atoms with E-state index in [1.165, 1.54) is 5.56 Å². The first kappa shape index (κ1) is 15.0. The largest absolute Gasteiger partial charge is 0.383 e. The number of benzene rings is 1. The third-order valence-corrected chi connectivity index (χ3v) is 3.66. The van der Waals surface area contributed by atoms with E-state index in [0.717, 1.165) is 24.6 Å². The molecule has 1 heterocycles. The molecular formula is C15H20ClN3O. The van der Waals surface area contributed by atoms with Crippen molar-refractivity contribution in [1.82, 2.24) is 14.8 Å². The van der Waals surface area contributed by atoms with Crippen LogP contribution in [0.15, 0.2) is 30.3 Å². The fourth-order valence-corrected chi connectivity index (χ4v) is 2.58. The molecule has 0 saturated heterocycles. The van der Waals surface area contributed by atoms with Crippen molar-refractivity contribution in [3.63, 3.8) is 0 Å². The lowest BCUT2D eigenvalue weighted by atomic mass is 9.95. The zero-order chi connectivity index (χ0) is 14.4. The van der Waals surface area contributed by atoms with Crippen LogP contribution >= 0.6 is 11.6 Å². The van der Waals surface area contributed by atoms with Crippen molar-refractivity contribution in [1.29, 1.82) is 0 Å². The lowest BCUT2D eigenvalue weighted by molar-refractivity contribution is 0.185. The van der Waals surface area contributed by atoms with Gasteiger partial charge in [0.15, 0.2) is 0 Å². The molecule has 2 rings (SSSR count). The van der Waals surface area contributed by atoms with Gasteiger partial charge in [-0.2, -0.15) is 0 Å². The molecule has 0 N–H and O–H groups in total. The second kappa shape index (κ2) is 7.41. The third kappa shape index (κ3) is 3.19. The highest BCUT2D eigenvalue weighted by Crippen LogP contribution is 2.27. The van der Waals surface area contributed by atoms with E-state index in [1.807, 2.05) is 6.07 Å². The van der Waals surface area contributed by atoms with Gasteiger partial charge in [0.2, 0.25) is 0 Å². The summed E-state index contributed by atoms with van der Waals surface area (Å²) in [4.78, 5) is 0. The Balaban J connectivity index is 2.36. The summed E-state index contributed by atoms with van der Waals surface area (Å²) >= 11 is 5.95. The van der Waals surface area contributed by atoms with Crippen LogP contribution in [0.25, 0.3) is 0 Å². The van der Waals surface area contributed by atoms with Crippen LogP contribution < -0.4 is 0 Å². The maximum Gasteiger partial charge on any atom is 0.148 e. The Hall–Kier alpha value is -1.39. The van der Waals surface area contributed by atoms with E-state index >= 15 is 0 Å². The molecule has 1 aromatic heterocycles. The predicted molar refractivity (Wildman–Crippen MR) is 80.0 cm³/mol. The Kier molecular flexibility index (Phi) is 5.56. The number of alkyl halides is 1. The number of halogens is 1. The Labute approximate surface area is 124 Å². The third-order valence-electron chi connectivity index (χ3n) is 3.42.